The van der Waals surface area contributed by atoms with E-state index in [1.54, 1.807) is 302 Å². The number of alkyl halides is 2. The van der Waals surface area contributed by atoms with Crippen LogP contribution < -0.4 is 0 Å². The Morgan fingerprint density at radius 1 is 0.190 bits per heavy atom. The summed E-state index contributed by atoms with van der Waals surface area (Å²) < 4.78 is 0. The predicted octanol–water partition coefficient (Wildman–Crippen LogP) is 17.9. The molecule has 28 aromatic carbocycles. The van der Waals surface area contributed by atoms with Gasteiger partial charge in [0.1, 0.15) is 4.84 Å². The Morgan fingerprint density at radius 3 is 0.603 bits per heavy atom. The van der Waals surface area contributed by atoms with Crippen molar-refractivity contribution in [2.45, 2.75) is 16.2 Å². The van der Waals surface area contributed by atoms with Gasteiger partial charge in [-0.05, 0) is 313 Å². The zero-order chi connectivity index (χ0) is 37.1. The zero-order valence-corrected chi connectivity index (χ0v) is 32.9. The summed E-state index contributed by atoms with van der Waals surface area (Å²) in [5, 5.41) is 87.2. The second-order valence-corrected chi connectivity index (χ2v) is 24.5. The minimum atomic E-state index is -0.599. The molecule has 0 nitrogen and oxygen atoms in total. The topological polar surface area (TPSA) is 0 Å². The molecule has 0 saturated heterocycles. The highest BCUT2D eigenvalue weighted by Gasteiger charge is 2.65. The first kappa shape index (κ1) is 22.9. The van der Waals surface area contributed by atoms with E-state index in [2.05, 4.69) is 0 Å². The maximum absolute atomic E-state index is 8.19. The van der Waals surface area contributed by atoms with Gasteiger partial charge in [0.25, 0.3) is 0 Å². The molecule has 4 aliphatic carbocycles. The lowest BCUT2D eigenvalue weighted by atomic mass is 9.59. The maximum Gasteiger partial charge on any atom is 0.122 e. The van der Waals surface area contributed by atoms with Gasteiger partial charge in [-0.3, -0.25) is 0 Å². The van der Waals surface area contributed by atoms with Gasteiger partial charge in [-0.25, -0.2) is 0 Å². The van der Waals surface area contributed by atoms with Crippen molar-refractivity contribution in [1.82, 2.24) is 0 Å². The van der Waals surface area contributed by atoms with Crippen molar-refractivity contribution in [3.05, 3.63) is 22.3 Å². The molecule has 0 aliphatic heterocycles. The first-order valence-corrected chi connectivity index (χ1v) is 24.2. The van der Waals surface area contributed by atoms with Gasteiger partial charge in [-0.15, -0.1) is 23.2 Å². The standard InChI is InChI=1S/C61H2Cl2/c62-60(63)61-57-53-47-33-25-17-5-2-1-3-6(5)18-20-16-10(3)12-8-4(1)7-11-9(2)15-19(17)31(33)39-37-23(15)21(11)29-27-13(7)14(8)28-30-22(12)24(16)38-40-32(20)34(26(18)25)48(47)54(57)50(40)52-44(38)42(30)46-36(28)35(27)45-41(29)43(37)51(49(39)53)58(61)55(45)56(46)59(52)61/h58,60H. The molecule has 0 aromatic heterocycles. The number of rotatable bonds is 1. The van der Waals surface area contributed by atoms with E-state index in [0.717, 1.165) is 0 Å². The van der Waals surface area contributed by atoms with E-state index < -0.39 is 10.3 Å². The molecule has 0 heterocycles. The molecule has 260 valence electrons. The summed E-state index contributed by atoms with van der Waals surface area (Å²) in [6.45, 7) is 0. The Balaban J connectivity index is 1.31. The van der Waals surface area contributed by atoms with Crippen LogP contribution in [0.15, 0.2) is 0 Å². The summed E-state index contributed by atoms with van der Waals surface area (Å²) in [7, 11) is 0. The third-order valence-electron chi connectivity index (χ3n) is 23.5. The summed E-state index contributed by atoms with van der Waals surface area (Å²) in [4.78, 5) is -0.599. The van der Waals surface area contributed by atoms with E-state index in [1.165, 1.54) is 11.1 Å². The van der Waals surface area contributed by atoms with Crippen molar-refractivity contribution in [2.24, 2.45) is 0 Å². The maximum atomic E-state index is 8.19. The van der Waals surface area contributed by atoms with Crippen LogP contribution in [-0.2, 0) is 5.41 Å². The van der Waals surface area contributed by atoms with E-state index in [-0.39, 0.29) is 5.92 Å². The van der Waals surface area contributed by atoms with Crippen molar-refractivity contribution in [2.75, 3.05) is 0 Å². The van der Waals surface area contributed by atoms with Gasteiger partial charge >= 0.3 is 0 Å². The summed E-state index contributed by atoms with van der Waals surface area (Å²) in [5.41, 5.74) is 5.76. The van der Waals surface area contributed by atoms with Gasteiger partial charge in [-0.1, -0.05) is 0 Å². The SMILES string of the molecule is ClC(Cl)C12c3c4c5c6c7c8c(c9c%10c1c1c%11c3c3c%12c4c4c6c6c7c7c%13c8c9c8c9c%10c1c1c%10c%11c3c3c%11c%12c4c4c6c6c7c7c%13c8c8c9c1c1c%10c3c3c%11c4c6c4c7c8c1c34)C52. The molecule has 28 aromatic rings. The third-order valence-corrected chi connectivity index (χ3v) is 24.2. The highest BCUT2D eigenvalue weighted by molar-refractivity contribution is 6.82. The molecule has 4 aliphatic rings. The van der Waals surface area contributed by atoms with Crippen LogP contribution in [0.1, 0.15) is 28.2 Å². The van der Waals surface area contributed by atoms with Crippen molar-refractivity contribution < 1.29 is 0 Å². The van der Waals surface area contributed by atoms with E-state index in [1.807, 2.05) is 0 Å². The molecule has 2 unspecified atom stereocenters. The van der Waals surface area contributed by atoms with Crippen LogP contribution in [-0.4, -0.2) is 4.84 Å². The Kier molecular flexibility index (Phi) is 1.83. The van der Waals surface area contributed by atoms with Crippen molar-refractivity contribution in [3.8, 4) is 0 Å². The van der Waals surface area contributed by atoms with Gasteiger partial charge in [0, 0.05) is 5.92 Å². The monoisotopic (exact) mass is 804 g/mol. The lowest BCUT2D eigenvalue weighted by molar-refractivity contribution is 0.520. The fourth-order valence-electron chi connectivity index (χ4n) is 23.6. The van der Waals surface area contributed by atoms with E-state index >= 15 is 0 Å². The fourth-order valence-corrected chi connectivity index (χ4v) is 24.3. The van der Waals surface area contributed by atoms with Crippen molar-refractivity contribution in [1.29, 1.82) is 0 Å². The van der Waals surface area contributed by atoms with Crippen molar-refractivity contribution >= 4 is 314 Å². The van der Waals surface area contributed by atoms with Crippen LogP contribution >= 0.6 is 23.2 Å². The Morgan fingerprint density at radius 2 is 0.333 bits per heavy atom. The Bertz CT molecular complexity index is 7000. The van der Waals surface area contributed by atoms with Gasteiger partial charge in [0.05, 0.1) is 5.41 Å². The molecule has 0 N–H and O–H groups in total. The van der Waals surface area contributed by atoms with Gasteiger partial charge in [0.15, 0.2) is 0 Å². The summed E-state index contributed by atoms with van der Waals surface area (Å²) in [5.74, 6) is 0.100. The molecule has 2 atom stereocenters. The lowest BCUT2D eigenvalue weighted by Crippen LogP contribution is -2.41. The fraction of sp³-hybridized carbons (Fsp3) is 0.0492. The van der Waals surface area contributed by atoms with Gasteiger partial charge in [0.2, 0.25) is 0 Å². The minimum absolute atomic E-state index is 0.100. The summed E-state index contributed by atoms with van der Waals surface area (Å²) in [6, 6.07) is 0. The molecular formula is C61H2Cl2. The zero-order valence-electron chi connectivity index (χ0n) is 31.4. The predicted molar refractivity (Wildman–Crippen MR) is 270 cm³/mol. The molecular weight excluding hydrogens is 804 g/mol. The number of halogens is 2. The molecule has 63 heavy (non-hydrogen) atoms. The van der Waals surface area contributed by atoms with Crippen LogP contribution in [0.5, 0.6) is 0 Å². The van der Waals surface area contributed by atoms with Gasteiger partial charge in [-0.2, -0.15) is 0 Å². The molecule has 0 amide bonds. The molecule has 0 fully saturated rings. The molecule has 2 heteroatoms. The van der Waals surface area contributed by atoms with Crippen LogP contribution in [0.4, 0.5) is 0 Å². The average Bonchev–Trinajstić information content (AvgIpc) is 4.12. The van der Waals surface area contributed by atoms with Crippen LogP contribution in [0.3, 0.4) is 0 Å². The van der Waals surface area contributed by atoms with Crippen LogP contribution in [0, 0.1) is 0 Å². The summed E-state index contributed by atoms with van der Waals surface area (Å²) >= 11 is 16.4. The highest BCUT2D eigenvalue weighted by atomic mass is 35.5. The molecule has 0 spiro atoms. The molecule has 0 bridgehead atoms. The molecule has 0 radical (unpaired) electrons. The van der Waals surface area contributed by atoms with Crippen LogP contribution in [0.25, 0.3) is 291 Å². The third kappa shape index (κ3) is 1.16. The average molecular weight is 806 g/mol. The Hall–Kier alpha value is -6.96. The number of hydrogen-bond donors (Lipinski definition) is 0. The normalized spacial score (nSPS) is 21.9. The van der Waals surface area contributed by atoms with E-state index in [4.69, 9.17) is 23.2 Å². The Labute approximate surface area is 350 Å². The van der Waals surface area contributed by atoms with Crippen LogP contribution in [0.2, 0.25) is 0 Å². The second-order valence-electron chi connectivity index (χ2n) is 23.4. The van der Waals surface area contributed by atoms with E-state index in [9.17, 15) is 0 Å². The van der Waals surface area contributed by atoms with Crippen molar-refractivity contribution in [3.63, 3.8) is 0 Å². The smallest absolute Gasteiger partial charge is 0.104 e. The first-order chi connectivity index (χ1) is 31.3. The van der Waals surface area contributed by atoms with E-state index in [0.29, 0.717) is 0 Å². The largest absolute Gasteiger partial charge is 0.122 e. The minimum Gasteiger partial charge on any atom is -0.104 e. The summed E-state index contributed by atoms with van der Waals surface area (Å²) in [6.07, 6.45) is 0. The number of benzene rings is 17. The second kappa shape index (κ2) is 5.01. The number of hydrogen-bond acceptors (Lipinski definition) is 0. The molecule has 32 rings (SSSR count). The van der Waals surface area contributed by atoms with Gasteiger partial charge < -0.3 is 0 Å². The highest BCUT2D eigenvalue weighted by Crippen LogP contribution is 2.84. The molecule has 0 saturated carbocycles. The lowest BCUT2D eigenvalue weighted by Gasteiger charge is -2.45. The quantitative estimate of drug-likeness (QED) is 0.115. The first-order valence-electron chi connectivity index (χ1n) is 23.3.